The Bertz CT molecular complexity index is 1390. The first kappa shape index (κ1) is 18.8. The van der Waals surface area contributed by atoms with Crippen LogP contribution in [-0.2, 0) is 0 Å². The molecule has 154 valence electrons. The van der Waals surface area contributed by atoms with Crippen molar-refractivity contribution in [2.75, 3.05) is 5.73 Å². The zero-order chi connectivity index (χ0) is 21.5. The van der Waals surface area contributed by atoms with E-state index in [1.807, 2.05) is 6.92 Å². The van der Waals surface area contributed by atoms with E-state index < -0.39 is 5.82 Å². The summed E-state index contributed by atoms with van der Waals surface area (Å²) in [6, 6.07) is 9.34. The van der Waals surface area contributed by atoms with Crippen LogP contribution in [0.4, 0.5) is 14.7 Å². The molecule has 0 spiro atoms. The molecule has 2 N–H and O–H groups in total. The van der Waals surface area contributed by atoms with Gasteiger partial charge in [0.2, 0.25) is 5.95 Å². The van der Waals surface area contributed by atoms with E-state index in [-0.39, 0.29) is 29.2 Å². The number of pyridine rings is 1. The van der Waals surface area contributed by atoms with Crippen molar-refractivity contribution in [1.82, 2.24) is 34.3 Å². The molecule has 0 fully saturated rings. The molecule has 0 aliphatic rings. The third-order valence-electron chi connectivity index (χ3n) is 5.04. The maximum absolute atomic E-state index is 15.4. The Labute approximate surface area is 175 Å². The van der Waals surface area contributed by atoms with E-state index in [4.69, 9.17) is 5.73 Å². The Morgan fingerprint density at radius 1 is 1.00 bits per heavy atom. The second kappa shape index (κ2) is 7.24. The maximum atomic E-state index is 15.4. The Morgan fingerprint density at radius 3 is 2.52 bits per heavy atom. The molecule has 1 atom stereocenters. The third-order valence-corrected chi connectivity index (χ3v) is 5.04. The van der Waals surface area contributed by atoms with Crippen LogP contribution in [0.15, 0.2) is 61.3 Å². The molecule has 0 bridgehead atoms. The van der Waals surface area contributed by atoms with Gasteiger partial charge in [-0.3, -0.25) is 4.68 Å². The van der Waals surface area contributed by atoms with Gasteiger partial charge in [0.25, 0.3) is 0 Å². The van der Waals surface area contributed by atoms with Crippen LogP contribution >= 0.6 is 0 Å². The van der Waals surface area contributed by atoms with Crippen LogP contribution in [0, 0.1) is 11.6 Å². The van der Waals surface area contributed by atoms with E-state index in [1.54, 1.807) is 41.3 Å². The SMILES string of the molecule is CC(c1ccc(F)cc1)n1cc(-c2ncnc(-c3ccn4nc(N)nc4c3)c2F)cn1. The first-order chi connectivity index (χ1) is 15.0. The molecular formula is C21H16F2N8. The van der Waals surface area contributed by atoms with Crippen LogP contribution in [0.25, 0.3) is 28.2 Å². The van der Waals surface area contributed by atoms with Gasteiger partial charge in [-0.25, -0.2) is 23.3 Å². The minimum absolute atomic E-state index is 0.128. The van der Waals surface area contributed by atoms with Gasteiger partial charge in [-0.1, -0.05) is 12.1 Å². The van der Waals surface area contributed by atoms with E-state index in [1.165, 1.54) is 29.2 Å². The third kappa shape index (κ3) is 3.37. The number of benzene rings is 1. The van der Waals surface area contributed by atoms with Crippen LogP contribution in [0.5, 0.6) is 0 Å². The summed E-state index contributed by atoms with van der Waals surface area (Å²) in [5.74, 6) is -0.753. The second-order valence-electron chi connectivity index (χ2n) is 7.01. The minimum Gasteiger partial charge on any atom is -0.366 e. The van der Waals surface area contributed by atoms with Crippen molar-refractivity contribution in [3.63, 3.8) is 0 Å². The zero-order valence-electron chi connectivity index (χ0n) is 16.3. The molecule has 0 aliphatic heterocycles. The van der Waals surface area contributed by atoms with Crippen molar-refractivity contribution in [2.24, 2.45) is 0 Å². The quantitative estimate of drug-likeness (QED) is 0.479. The highest BCUT2D eigenvalue weighted by Crippen LogP contribution is 2.29. The smallest absolute Gasteiger partial charge is 0.240 e. The van der Waals surface area contributed by atoms with Crippen molar-refractivity contribution in [3.05, 3.63) is 78.5 Å². The molecule has 0 saturated heterocycles. The molecule has 0 saturated carbocycles. The highest BCUT2D eigenvalue weighted by Gasteiger charge is 2.18. The van der Waals surface area contributed by atoms with Crippen molar-refractivity contribution in [2.45, 2.75) is 13.0 Å². The second-order valence-corrected chi connectivity index (χ2v) is 7.01. The molecule has 8 nitrogen and oxygen atoms in total. The van der Waals surface area contributed by atoms with Crippen LogP contribution in [-0.4, -0.2) is 34.3 Å². The molecule has 0 aliphatic carbocycles. The molecule has 4 aromatic heterocycles. The number of anilines is 1. The summed E-state index contributed by atoms with van der Waals surface area (Å²) in [5, 5.41) is 8.35. The van der Waals surface area contributed by atoms with Gasteiger partial charge >= 0.3 is 0 Å². The summed E-state index contributed by atoms with van der Waals surface area (Å²) in [7, 11) is 0. The number of halogens is 2. The maximum Gasteiger partial charge on any atom is 0.240 e. The van der Waals surface area contributed by atoms with Gasteiger partial charge in [-0.15, -0.1) is 5.10 Å². The lowest BCUT2D eigenvalue weighted by atomic mass is 10.1. The van der Waals surface area contributed by atoms with E-state index in [0.29, 0.717) is 16.8 Å². The Hall–Kier alpha value is -4.21. The number of nitrogens with two attached hydrogens (primary N) is 1. The Balaban J connectivity index is 1.50. The summed E-state index contributed by atoms with van der Waals surface area (Å²) in [6.45, 7) is 1.92. The van der Waals surface area contributed by atoms with Crippen LogP contribution in [0.3, 0.4) is 0 Å². The van der Waals surface area contributed by atoms with Crippen molar-refractivity contribution >= 4 is 11.6 Å². The van der Waals surface area contributed by atoms with E-state index in [2.05, 4.69) is 25.1 Å². The molecule has 5 aromatic rings. The van der Waals surface area contributed by atoms with Crippen molar-refractivity contribution in [1.29, 1.82) is 0 Å². The molecule has 5 rings (SSSR count). The fraction of sp³-hybridized carbons (Fsp3) is 0.0952. The lowest BCUT2D eigenvalue weighted by molar-refractivity contribution is 0.561. The zero-order valence-corrected chi connectivity index (χ0v) is 16.3. The molecule has 31 heavy (non-hydrogen) atoms. The van der Waals surface area contributed by atoms with E-state index in [9.17, 15) is 4.39 Å². The molecular weight excluding hydrogens is 402 g/mol. The average molecular weight is 418 g/mol. The fourth-order valence-corrected chi connectivity index (χ4v) is 3.38. The summed E-state index contributed by atoms with van der Waals surface area (Å²) >= 11 is 0. The Kier molecular flexibility index (Phi) is 4.39. The summed E-state index contributed by atoms with van der Waals surface area (Å²) < 4.78 is 31.7. The van der Waals surface area contributed by atoms with Crippen LogP contribution in [0.1, 0.15) is 18.5 Å². The number of fused-ring (bicyclic) bond motifs is 1. The fourth-order valence-electron chi connectivity index (χ4n) is 3.38. The number of aromatic nitrogens is 7. The highest BCUT2D eigenvalue weighted by molar-refractivity contribution is 5.70. The average Bonchev–Trinajstić information content (AvgIpc) is 3.39. The normalized spacial score (nSPS) is 12.4. The van der Waals surface area contributed by atoms with Crippen LogP contribution in [0.2, 0.25) is 0 Å². The monoisotopic (exact) mass is 418 g/mol. The standard InChI is InChI=1S/C21H16F2N8/c1-12(13-2-4-16(22)5-3-13)31-10-15(9-27-31)20-18(23)19(25-11-26-20)14-6-7-30-17(8-14)28-21(24)29-30/h2-12H,1H3,(H2,24,29). The van der Waals surface area contributed by atoms with Gasteiger partial charge in [0.05, 0.1) is 12.2 Å². The van der Waals surface area contributed by atoms with Crippen molar-refractivity contribution in [3.8, 4) is 22.5 Å². The van der Waals surface area contributed by atoms with Crippen molar-refractivity contribution < 1.29 is 8.78 Å². The van der Waals surface area contributed by atoms with Gasteiger partial charge < -0.3 is 5.73 Å². The number of nitrogens with zero attached hydrogens (tertiary/aromatic N) is 7. The predicted octanol–water partition coefficient (Wildman–Crippen LogP) is 3.52. The molecule has 0 radical (unpaired) electrons. The summed E-state index contributed by atoms with van der Waals surface area (Å²) in [6.07, 6.45) is 6.18. The predicted molar refractivity (Wildman–Crippen MR) is 110 cm³/mol. The lowest BCUT2D eigenvalue weighted by Crippen LogP contribution is -2.07. The first-order valence-corrected chi connectivity index (χ1v) is 9.42. The van der Waals surface area contributed by atoms with E-state index in [0.717, 1.165) is 5.56 Å². The summed E-state index contributed by atoms with van der Waals surface area (Å²) in [4.78, 5) is 12.3. The minimum atomic E-state index is -0.576. The number of rotatable bonds is 4. The number of nitrogen functional groups attached to an aromatic ring is 1. The van der Waals surface area contributed by atoms with Gasteiger partial charge in [-0.2, -0.15) is 10.1 Å². The molecule has 1 unspecified atom stereocenters. The highest BCUT2D eigenvalue weighted by atomic mass is 19.1. The Morgan fingerprint density at radius 2 is 1.74 bits per heavy atom. The number of hydrogen-bond donors (Lipinski definition) is 1. The molecule has 0 amide bonds. The van der Waals surface area contributed by atoms with Gasteiger partial charge in [0.15, 0.2) is 11.5 Å². The van der Waals surface area contributed by atoms with Gasteiger partial charge in [0, 0.05) is 23.5 Å². The largest absolute Gasteiger partial charge is 0.366 e. The number of hydrogen-bond acceptors (Lipinski definition) is 6. The molecule has 10 heteroatoms. The molecule has 1 aromatic carbocycles. The van der Waals surface area contributed by atoms with Gasteiger partial charge in [0.1, 0.15) is 23.5 Å². The summed E-state index contributed by atoms with van der Waals surface area (Å²) in [5.41, 5.74) is 8.26. The molecule has 4 heterocycles. The van der Waals surface area contributed by atoms with Gasteiger partial charge in [-0.05, 0) is 36.8 Å². The topological polar surface area (TPSA) is 99.8 Å². The lowest BCUT2D eigenvalue weighted by Gasteiger charge is -2.12. The first-order valence-electron chi connectivity index (χ1n) is 9.42. The van der Waals surface area contributed by atoms with Crippen LogP contribution < -0.4 is 5.73 Å². The van der Waals surface area contributed by atoms with E-state index >= 15 is 4.39 Å².